The van der Waals surface area contributed by atoms with E-state index >= 15 is 0 Å². The molecule has 3 amide bonds. The van der Waals surface area contributed by atoms with Crippen molar-refractivity contribution in [2.75, 3.05) is 6.54 Å². The fourth-order valence-corrected chi connectivity index (χ4v) is 3.06. The number of nitrogens with two attached hydrogens (primary N) is 1. The van der Waals surface area contributed by atoms with Gasteiger partial charge in [-0.15, -0.1) is 0 Å². The monoisotopic (exact) mass is 379 g/mol. The molecule has 0 saturated heterocycles. The van der Waals surface area contributed by atoms with Crippen molar-refractivity contribution < 1.29 is 14.4 Å². The first-order valence-corrected chi connectivity index (χ1v) is 9.92. The van der Waals surface area contributed by atoms with Crippen molar-refractivity contribution in [3.63, 3.8) is 0 Å². The number of unbranched alkanes of at least 4 members (excludes halogenated alkanes) is 5. The summed E-state index contributed by atoms with van der Waals surface area (Å²) in [6.45, 7) is 4.30. The van der Waals surface area contributed by atoms with Crippen molar-refractivity contribution in [3.05, 3.63) is 29.8 Å². The fraction of sp³-hybridized carbons (Fsp3) is 0.526. The smallest absolute Gasteiger partial charge is 0.283 e. The minimum absolute atomic E-state index is 0.211. The number of amides is 3. The maximum Gasteiger partial charge on any atom is 0.283 e. The summed E-state index contributed by atoms with van der Waals surface area (Å²) in [5.74, 6) is -1.11. The third-order valence-electron chi connectivity index (χ3n) is 3.78. The van der Waals surface area contributed by atoms with E-state index in [1.807, 2.05) is 0 Å². The van der Waals surface area contributed by atoms with Crippen molar-refractivity contribution in [2.45, 2.75) is 63.3 Å². The van der Waals surface area contributed by atoms with Gasteiger partial charge in [0.2, 0.25) is 5.91 Å². The SMILES string of the molecule is CCCCCCCCNC(=O)Sc1ccccc1C(=O)NC(=O)[C@@H](C)N. The van der Waals surface area contributed by atoms with Crippen LogP contribution in [0.25, 0.3) is 0 Å². The van der Waals surface area contributed by atoms with Crippen LogP contribution in [0.15, 0.2) is 29.2 Å². The van der Waals surface area contributed by atoms with Gasteiger partial charge in [0.15, 0.2) is 0 Å². The van der Waals surface area contributed by atoms with E-state index in [-0.39, 0.29) is 10.8 Å². The third-order valence-corrected chi connectivity index (χ3v) is 4.69. The van der Waals surface area contributed by atoms with Gasteiger partial charge in [0.25, 0.3) is 11.1 Å². The van der Waals surface area contributed by atoms with Crippen LogP contribution < -0.4 is 16.4 Å². The lowest BCUT2D eigenvalue weighted by Gasteiger charge is -2.10. The molecule has 0 bridgehead atoms. The van der Waals surface area contributed by atoms with Gasteiger partial charge in [-0.1, -0.05) is 51.2 Å². The summed E-state index contributed by atoms with van der Waals surface area (Å²) < 4.78 is 0. The first-order valence-electron chi connectivity index (χ1n) is 9.11. The second-order valence-corrected chi connectivity index (χ2v) is 7.20. The molecule has 0 fully saturated rings. The molecule has 1 atom stereocenters. The molecule has 1 rings (SSSR count). The highest BCUT2D eigenvalue weighted by molar-refractivity contribution is 8.13. The maximum absolute atomic E-state index is 12.2. The lowest BCUT2D eigenvalue weighted by atomic mass is 10.1. The fourth-order valence-electron chi connectivity index (χ4n) is 2.27. The predicted molar refractivity (Wildman–Crippen MR) is 105 cm³/mol. The number of imide groups is 1. The summed E-state index contributed by atoms with van der Waals surface area (Å²) in [7, 11) is 0. The molecule has 0 spiro atoms. The molecule has 0 aliphatic carbocycles. The van der Waals surface area contributed by atoms with Crippen LogP contribution in [0.2, 0.25) is 0 Å². The summed E-state index contributed by atoms with van der Waals surface area (Å²) in [4.78, 5) is 36.4. The molecule has 144 valence electrons. The minimum Gasteiger partial charge on any atom is -0.347 e. The van der Waals surface area contributed by atoms with Crippen LogP contribution in [0.3, 0.4) is 0 Å². The van der Waals surface area contributed by atoms with Crippen LogP contribution in [-0.2, 0) is 4.79 Å². The van der Waals surface area contributed by atoms with E-state index in [1.165, 1.54) is 32.6 Å². The topological polar surface area (TPSA) is 101 Å². The van der Waals surface area contributed by atoms with E-state index in [0.29, 0.717) is 11.4 Å². The van der Waals surface area contributed by atoms with Crippen molar-refractivity contribution >= 4 is 28.8 Å². The van der Waals surface area contributed by atoms with E-state index in [4.69, 9.17) is 5.73 Å². The maximum atomic E-state index is 12.2. The lowest BCUT2D eigenvalue weighted by Crippen LogP contribution is -2.41. The van der Waals surface area contributed by atoms with E-state index < -0.39 is 17.9 Å². The van der Waals surface area contributed by atoms with E-state index in [0.717, 1.165) is 24.6 Å². The predicted octanol–water partition coefficient (Wildman–Crippen LogP) is 3.45. The number of thioether (sulfide) groups is 1. The molecule has 0 unspecified atom stereocenters. The van der Waals surface area contributed by atoms with Crippen LogP contribution in [0, 0.1) is 0 Å². The molecule has 6 nitrogen and oxygen atoms in total. The Balaban J connectivity index is 2.48. The number of rotatable bonds is 10. The minimum atomic E-state index is -0.778. The summed E-state index contributed by atoms with van der Waals surface area (Å²) in [5.41, 5.74) is 5.73. The molecule has 0 aliphatic heterocycles. The van der Waals surface area contributed by atoms with Gasteiger partial charge < -0.3 is 11.1 Å². The molecule has 0 aliphatic rings. The molecular formula is C19H29N3O3S. The Morgan fingerprint density at radius 2 is 1.73 bits per heavy atom. The Bertz CT molecular complexity index is 605. The quantitative estimate of drug-likeness (QED) is 0.427. The normalized spacial score (nSPS) is 11.7. The van der Waals surface area contributed by atoms with Crippen molar-refractivity contribution in [1.82, 2.24) is 10.6 Å². The Morgan fingerprint density at radius 1 is 1.08 bits per heavy atom. The van der Waals surface area contributed by atoms with Crippen molar-refractivity contribution in [1.29, 1.82) is 0 Å². The lowest BCUT2D eigenvalue weighted by molar-refractivity contribution is -0.121. The van der Waals surface area contributed by atoms with Crippen molar-refractivity contribution in [3.8, 4) is 0 Å². The summed E-state index contributed by atoms with van der Waals surface area (Å²) in [5, 5.41) is 4.88. The van der Waals surface area contributed by atoms with E-state index in [1.54, 1.807) is 24.3 Å². The Hall–Kier alpha value is -1.86. The molecule has 0 saturated carbocycles. The van der Waals surface area contributed by atoms with Crippen LogP contribution >= 0.6 is 11.8 Å². The largest absolute Gasteiger partial charge is 0.347 e. The standard InChI is InChI=1S/C19H29N3O3S/c1-3-4-5-6-7-10-13-21-19(25)26-16-12-9-8-11-15(16)18(24)22-17(23)14(2)20/h8-9,11-12,14H,3-7,10,13,20H2,1-2H3,(H,21,25)(H,22,23,24)/t14-/m1/s1. The van der Waals surface area contributed by atoms with Gasteiger partial charge in [-0.25, -0.2) is 0 Å². The average Bonchev–Trinajstić information content (AvgIpc) is 2.61. The van der Waals surface area contributed by atoms with Gasteiger partial charge in [-0.05, 0) is 37.2 Å². The van der Waals surface area contributed by atoms with Gasteiger partial charge in [0, 0.05) is 11.4 Å². The molecule has 1 aromatic rings. The number of benzene rings is 1. The first kappa shape index (κ1) is 22.2. The van der Waals surface area contributed by atoms with Gasteiger partial charge in [0.05, 0.1) is 11.6 Å². The van der Waals surface area contributed by atoms with Gasteiger partial charge >= 0.3 is 0 Å². The molecule has 0 heterocycles. The summed E-state index contributed by atoms with van der Waals surface area (Å²) >= 11 is 0.953. The Labute approximate surface area is 159 Å². The summed E-state index contributed by atoms with van der Waals surface area (Å²) in [6, 6.07) is 5.91. The van der Waals surface area contributed by atoms with E-state index in [2.05, 4.69) is 17.6 Å². The molecule has 0 radical (unpaired) electrons. The Morgan fingerprint density at radius 3 is 2.42 bits per heavy atom. The third kappa shape index (κ3) is 8.49. The molecule has 0 aromatic heterocycles. The molecule has 26 heavy (non-hydrogen) atoms. The van der Waals surface area contributed by atoms with Crippen LogP contribution in [-0.4, -0.2) is 29.6 Å². The number of hydrogen-bond donors (Lipinski definition) is 3. The first-order chi connectivity index (χ1) is 12.5. The van der Waals surface area contributed by atoms with Crippen molar-refractivity contribution in [2.24, 2.45) is 5.73 Å². The molecule has 7 heteroatoms. The zero-order valence-corrected chi connectivity index (χ0v) is 16.4. The molecule has 1 aromatic carbocycles. The zero-order chi connectivity index (χ0) is 19.4. The van der Waals surface area contributed by atoms with Crippen LogP contribution in [0.4, 0.5) is 4.79 Å². The molecule has 4 N–H and O–H groups in total. The van der Waals surface area contributed by atoms with E-state index in [9.17, 15) is 14.4 Å². The van der Waals surface area contributed by atoms with Gasteiger partial charge in [-0.2, -0.15) is 0 Å². The van der Waals surface area contributed by atoms with Gasteiger partial charge in [0.1, 0.15) is 0 Å². The van der Waals surface area contributed by atoms with Gasteiger partial charge in [-0.3, -0.25) is 19.7 Å². The molecular weight excluding hydrogens is 350 g/mol. The number of carbonyl (C=O) groups is 3. The highest BCUT2D eigenvalue weighted by atomic mass is 32.2. The number of carbonyl (C=O) groups excluding carboxylic acids is 3. The number of hydrogen-bond acceptors (Lipinski definition) is 5. The average molecular weight is 380 g/mol. The second-order valence-electron chi connectivity index (χ2n) is 6.19. The Kier molecular flexibility index (Phi) is 10.7. The summed E-state index contributed by atoms with van der Waals surface area (Å²) in [6.07, 6.45) is 6.95. The zero-order valence-electron chi connectivity index (χ0n) is 15.5. The highest BCUT2D eigenvalue weighted by Crippen LogP contribution is 2.23. The second kappa shape index (κ2) is 12.5. The number of nitrogens with one attached hydrogen (secondary N) is 2. The highest BCUT2D eigenvalue weighted by Gasteiger charge is 2.18. The van der Waals surface area contributed by atoms with Crippen LogP contribution in [0.1, 0.15) is 62.7 Å². The van der Waals surface area contributed by atoms with Crippen LogP contribution in [0.5, 0.6) is 0 Å².